The molecular weight excluding hydrogens is 548 g/mol. The van der Waals surface area contributed by atoms with Gasteiger partial charge in [0.25, 0.3) is 0 Å². The number of aliphatic hydroxyl groups is 1. The molecule has 39 heavy (non-hydrogen) atoms. The molecule has 1 amide bonds. The molecule has 0 spiro atoms. The number of halogens is 5. The third-order valence-corrected chi connectivity index (χ3v) is 6.15. The fourth-order valence-electron chi connectivity index (χ4n) is 3.74. The van der Waals surface area contributed by atoms with Gasteiger partial charge >= 0.3 is 11.9 Å². The molecule has 1 saturated carbocycles. The Bertz CT molecular complexity index is 1570. The summed E-state index contributed by atoms with van der Waals surface area (Å²) in [7, 11) is 0. The van der Waals surface area contributed by atoms with Crippen molar-refractivity contribution in [3.63, 3.8) is 0 Å². The van der Waals surface area contributed by atoms with Crippen LogP contribution in [0, 0.1) is 5.92 Å². The number of benzene rings is 1. The Hall–Kier alpha value is -4.11. The number of carbonyl (C=O) groups is 1. The van der Waals surface area contributed by atoms with Crippen LogP contribution in [0.3, 0.4) is 0 Å². The lowest BCUT2D eigenvalue weighted by molar-refractivity contribution is -0.207. The van der Waals surface area contributed by atoms with Gasteiger partial charge in [-0.15, -0.1) is 10.2 Å². The lowest BCUT2D eigenvalue weighted by Crippen LogP contribution is -2.37. The number of nitrogens with one attached hydrogen (secondary N) is 1. The van der Waals surface area contributed by atoms with E-state index in [9.17, 15) is 32.3 Å². The molecule has 1 fully saturated rings. The van der Waals surface area contributed by atoms with Crippen molar-refractivity contribution < 1.29 is 27.5 Å². The van der Waals surface area contributed by atoms with Crippen LogP contribution in [-0.2, 0) is 17.9 Å². The van der Waals surface area contributed by atoms with Crippen molar-refractivity contribution in [2.45, 2.75) is 38.0 Å². The van der Waals surface area contributed by atoms with Crippen molar-refractivity contribution in [3.05, 3.63) is 70.3 Å². The maximum Gasteiger partial charge on any atom is 0.416 e. The van der Waals surface area contributed by atoms with Gasteiger partial charge in [-0.1, -0.05) is 11.6 Å². The number of amides is 1. The van der Waals surface area contributed by atoms with Crippen molar-refractivity contribution in [1.82, 2.24) is 34.1 Å². The number of rotatable bonds is 8. The Balaban J connectivity index is 1.43. The third kappa shape index (κ3) is 5.68. The molecule has 1 aliphatic rings. The minimum absolute atomic E-state index is 0.0507. The summed E-state index contributed by atoms with van der Waals surface area (Å²) in [5.74, 6) is -1.12. The lowest BCUT2D eigenvalue weighted by Gasteiger charge is -2.15. The fourth-order valence-corrected chi connectivity index (χ4v) is 3.87. The Morgan fingerprint density at radius 1 is 1.18 bits per heavy atom. The van der Waals surface area contributed by atoms with E-state index in [0.29, 0.717) is 15.2 Å². The zero-order valence-corrected chi connectivity index (χ0v) is 20.5. The van der Waals surface area contributed by atoms with Gasteiger partial charge in [0.05, 0.1) is 18.2 Å². The molecule has 16 heteroatoms. The van der Waals surface area contributed by atoms with Crippen LogP contribution in [0.15, 0.2) is 53.7 Å². The van der Waals surface area contributed by atoms with Gasteiger partial charge in [-0.3, -0.25) is 9.36 Å². The summed E-state index contributed by atoms with van der Waals surface area (Å²) in [6.45, 7) is -1.42. The van der Waals surface area contributed by atoms with Crippen LogP contribution < -0.4 is 11.0 Å². The lowest BCUT2D eigenvalue weighted by atomic mass is 10.2. The highest BCUT2D eigenvalue weighted by Crippen LogP contribution is 2.35. The molecule has 4 aromatic rings. The maximum absolute atomic E-state index is 13.3. The minimum atomic E-state index is -4.96. The number of alkyl halides is 4. The van der Waals surface area contributed by atoms with Crippen LogP contribution >= 0.6 is 11.6 Å². The summed E-state index contributed by atoms with van der Waals surface area (Å²) in [5.41, 5.74) is -0.385. The molecular formula is C23H19ClF4N8O3. The monoisotopic (exact) mass is 566 g/mol. The van der Waals surface area contributed by atoms with E-state index in [2.05, 4.69) is 25.5 Å². The highest BCUT2D eigenvalue weighted by molar-refractivity contribution is 6.30. The van der Waals surface area contributed by atoms with Gasteiger partial charge in [-0.2, -0.15) is 13.2 Å². The summed E-state index contributed by atoms with van der Waals surface area (Å²) >= 11 is 5.90. The average Bonchev–Trinajstić information content (AvgIpc) is 3.32. The molecule has 1 aromatic carbocycles. The molecule has 11 nitrogen and oxygen atoms in total. The van der Waals surface area contributed by atoms with E-state index in [0.717, 1.165) is 4.68 Å². The molecule has 204 valence electrons. The Morgan fingerprint density at radius 2 is 1.90 bits per heavy atom. The van der Waals surface area contributed by atoms with E-state index < -0.39 is 42.5 Å². The quantitative estimate of drug-likeness (QED) is 0.313. The molecule has 0 saturated heterocycles. The summed E-state index contributed by atoms with van der Waals surface area (Å²) in [6.07, 6.45) is -6.10. The van der Waals surface area contributed by atoms with Gasteiger partial charge in [-0.25, -0.2) is 28.5 Å². The molecule has 5 rings (SSSR count). The predicted octanol–water partition coefficient (Wildman–Crippen LogP) is 2.61. The first-order valence-corrected chi connectivity index (χ1v) is 11.9. The van der Waals surface area contributed by atoms with Crippen molar-refractivity contribution in [2.75, 3.05) is 5.32 Å². The smallest absolute Gasteiger partial charge is 0.382 e. The first-order chi connectivity index (χ1) is 18.5. The van der Waals surface area contributed by atoms with Crippen LogP contribution in [0.25, 0.3) is 17.2 Å². The van der Waals surface area contributed by atoms with Crippen molar-refractivity contribution in [3.8, 4) is 17.2 Å². The standard InChI is InChI=1S/C23H19ClF4N8O3/c24-13-5-3-12(4-6-13)19-33-35(22(39)34(19)9-17(37)23(26,27)28)10-18-30-11-36(32-18)20-16(2-1-7-29-20)31-21(38)14-8-15(14)25/h1-7,11,14-15,17,37H,8-10H2,(H,31,38)/t14-,15-,17-/m0/s1. The summed E-state index contributed by atoms with van der Waals surface area (Å²) in [5, 5.41) is 21.0. The first kappa shape index (κ1) is 26.5. The van der Waals surface area contributed by atoms with Crippen molar-refractivity contribution >= 4 is 23.2 Å². The third-order valence-electron chi connectivity index (χ3n) is 5.90. The van der Waals surface area contributed by atoms with Crippen LogP contribution in [0.4, 0.5) is 23.2 Å². The number of pyridine rings is 1. The van der Waals surface area contributed by atoms with Crippen LogP contribution in [0.5, 0.6) is 0 Å². The summed E-state index contributed by atoms with van der Waals surface area (Å²) in [4.78, 5) is 33.5. The van der Waals surface area contributed by atoms with E-state index >= 15 is 0 Å². The van der Waals surface area contributed by atoms with Gasteiger partial charge in [0, 0.05) is 16.8 Å². The molecule has 3 aromatic heterocycles. The maximum atomic E-state index is 13.3. The Labute approximate surface area is 221 Å². The number of nitrogens with zero attached hydrogens (tertiary/aromatic N) is 7. The van der Waals surface area contributed by atoms with E-state index in [1.165, 1.54) is 41.5 Å². The second-order valence-electron chi connectivity index (χ2n) is 8.77. The van der Waals surface area contributed by atoms with Gasteiger partial charge in [0.2, 0.25) is 5.91 Å². The van der Waals surface area contributed by atoms with E-state index in [1.807, 2.05) is 0 Å². The molecule has 0 unspecified atom stereocenters. The van der Waals surface area contributed by atoms with Crippen LogP contribution in [0.1, 0.15) is 12.2 Å². The Kier molecular flexibility index (Phi) is 6.94. The minimum Gasteiger partial charge on any atom is -0.382 e. The topological polar surface area (TPSA) is 133 Å². The van der Waals surface area contributed by atoms with Gasteiger partial charge in [0.1, 0.15) is 19.0 Å². The molecule has 0 aliphatic heterocycles. The van der Waals surface area contributed by atoms with E-state index in [1.54, 1.807) is 12.1 Å². The molecule has 3 atom stereocenters. The van der Waals surface area contributed by atoms with Gasteiger partial charge in [0.15, 0.2) is 23.6 Å². The molecule has 2 N–H and O–H groups in total. The van der Waals surface area contributed by atoms with E-state index in [-0.39, 0.29) is 36.1 Å². The molecule has 3 heterocycles. The summed E-state index contributed by atoms with van der Waals surface area (Å²) in [6, 6.07) is 9.02. The van der Waals surface area contributed by atoms with Crippen molar-refractivity contribution in [1.29, 1.82) is 0 Å². The number of aromatic nitrogens is 7. The average molecular weight is 567 g/mol. The first-order valence-electron chi connectivity index (χ1n) is 11.5. The SMILES string of the molecule is O=C(Nc1cccnc1-n1cnc(Cn2nc(-c3ccc(Cl)cc3)n(C[C@H](O)C(F)(F)F)c2=O)n1)[C@H]1C[C@@H]1F. The molecule has 0 radical (unpaired) electrons. The van der Waals surface area contributed by atoms with E-state index in [4.69, 9.17) is 11.6 Å². The van der Waals surface area contributed by atoms with Crippen LogP contribution in [-0.4, -0.2) is 63.6 Å². The molecule has 0 bridgehead atoms. The number of carbonyl (C=O) groups excluding carboxylic acids is 1. The van der Waals surface area contributed by atoms with Crippen molar-refractivity contribution in [2.24, 2.45) is 5.92 Å². The Morgan fingerprint density at radius 3 is 2.56 bits per heavy atom. The van der Waals surface area contributed by atoms with Gasteiger partial charge < -0.3 is 10.4 Å². The number of hydrogen-bond donors (Lipinski definition) is 2. The van der Waals surface area contributed by atoms with Crippen LogP contribution in [0.2, 0.25) is 5.02 Å². The zero-order valence-electron chi connectivity index (χ0n) is 19.8. The fraction of sp³-hybridized carbons (Fsp3) is 0.304. The second kappa shape index (κ2) is 10.2. The highest BCUT2D eigenvalue weighted by Gasteiger charge is 2.44. The largest absolute Gasteiger partial charge is 0.416 e. The number of anilines is 1. The molecule has 1 aliphatic carbocycles. The summed E-state index contributed by atoms with van der Waals surface area (Å²) < 4.78 is 55.3. The zero-order chi connectivity index (χ0) is 27.9. The second-order valence-corrected chi connectivity index (χ2v) is 9.20. The van der Waals surface area contributed by atoms with Gasteiger partial charge in [-0.05, 0) is 42.8 Å². The normalized spacial score (nSPS) is 17.7. The number of aliphatic hydroxyl groups excluding tert-OH is 1. The highest BCUT2D eigenvalue weighted by atomic mass is 35.5. The predicted molar refractivity (Wildman–Crippen MR) is 129 cm³/mol. The number of hydrogen-bond acceptors (Lipinski definition) is 7.